The van der Waals surface area contributed by atoms with E-state index in [1.54, 1.807) is 11.8 Å². The molecule has 1 aromatic rings. The van der Waals surface area contributed by atoms with Gasteiger partial charge < -0.3 is 4.74 Å². The van der Waals surface area contributed by atoms with Crippen LogP contribution >= 0.6 is 11.8 Å². The summed E-state index contributed by atoms with van der Waals surface area (Å²) in [4.78, 5) is 10.6. The van der Waals surface area contributed by atoms with Crippen molar-refractivity contribution < 1.29 is 13.9 Å². The number of carbonyl (C=O) groups is 1. The van der Waals surface area contributed by atoms with Crippen LogP contribution in [0.2, 0.25) is 0 Å². The quantitative estimate of drug-likeness (QED) is 0.553. The van der Waals surface area contributed by atoms with Gasteiger partial charge in [-0.05, 0) is 24.0 Å². The summed E-state index contributed by atoms with van der Waals surface area (Å²) in [5.74, 6) is 1.93. The first-order valence-electron chi connectivity index (χ1n) is 4.73. The fraction of sp³-hybridized carbons (Fsp3) is 0.364. The van der Waals surface area contributed by atoms with Gasteiger partial charge in [0.15, 0.2) is 6.29 Å². The molecule has 0 radical (unpaired) electrons. The van der Waals surface area contributed by atoms with Crippen LogP contribution in [0.4, 0.5) is 4.39 Å². The van der Waals surface area contributed by atoms with Crippen molar-refractivity contribution in [2.45, 2.75) is 6.92 Å². The van der Waals surface area contributed by atoms with E-state index in [0.29, 0.717) is 18.6 Å². The van der Waals surface area contributed by atoms with Gasteiger partial charge in [0.25, 0.3) is 0 Å². The van der Waals surface area contributed by atoms with Crippen molar-refractivity contribution in [1.82, 2.24) is 0 Å². The highest BCUT2D eigenvalue weighted by Crippen LogP contribution is 2.18. The Morgan fingerprint density at radius 1 is 1.53 bits per heavy atom. The van der Waals surface area contributed by atoms with Gasteiger partial charge in [0.05, 0.1) is 12.2 Å². The van der Waals surface area contributed by atoms with Crippen LogP contribution in [0.25, 0.3) is 0 Å². The molecule has 0 saturated carbocycles. The molecule has 0 aliphatic heterocycles. The van der Waals surface area contributed by atoms with Gasteiger partial charge >= 0.3 is 0 Å². The van der Waals surface area contributed by atoms with Crippen LogP contribution in [0.3, 0.4) is 0 Å². The summed E-state index contributed by atoms with van der Waals surface area (Å²) in [6, 6.07) is 3.94. The summed E-state index contributed by atoms with van der Waals surface area (Å²) in [6.07, 6.45) is 0.603. The molecular weight excluding hydrogens is 215 g/mol. The van der Waals surface area contributed by atoms with E-state index in [0.717, 1.165) is 11.5 Å². The van der Waals surface area contributed by atoms with Crippen molar-refractivity contribution >= 4 is 18.0 Å². The molecular formula is C11H13FO2S. The van der Waals surface area contributed by atoms with Crippen molar-refractivity contribution in [3.63, 3.8) is 0 Å². The predicted octanol–water partition coefficient (Wildman–Crippen LogP) is 2.77. The molecule has 0 aliphatic rings. The molecule has 15 heavy (non-hydrogen) atoms. The lowest BCUT2D eigenvalue weighted by Crippen LogP contribution is -2.02. The molecule has 0 bridgehead atoms. The molecule has 0 fully saturated rings. The molecule has 2 nitrogen and oxygen atoms in total. The molecule has 0 aliphatic carbocycles. The van der Waals surface area contributed by atoms with E-state index < -0.39 is 5.82 Å². The lowest BCUT2D eigenvalue weighted by molar-refractivity contribution is 0.111. The Morgan fingerprint density at radius 2 is 2.33 bits per heavy atom. The van der Waals surface area contributed by atoms with E-state index in [1.165, 1.54) is 18.2 Å². The summed E-state index contributed by atoms with van der Waals surface area (Å²) in [7, 11) is 0. The number of halogens is 1. The Hall–Kier alpha value is -1.03. The Balaban J connectivity index is 2.56. The number of carbonyl (C=O) groups excluding carboxylic acids is 1. The van der Waals surface area contributed by atoms with Crippen molar-refractivity contribution in [3.05, 3.63) is 29.6 Å². The van der Waals surface area contributed by atoms with Crippen molar-refractivity contribution in [2.75, 3.05) is 18.1 Å². The number of hydrogen-bond acceptors (Lipinski definition) is 3. The second kappa shape index (κ2) is 6.45. The molecule has 0 aromatic heterocycles. The number of rotatable bonds is 6. The Bertz CT molecular complexity index is 328. The summed E-state index contributed by atoms with van der Waals surface area (Å²) in [5.41, 5.74) is 0.261. The van der Waals surface area contributed by atoms with E-state index in [2.05, 4.69) is 6.92 Å². The van der Waals surface area contributed by atoms with Crippen LogP contribution in [-0.4, -0.2) is 24.4 Å². The highest BCUT2D eigenvalue weighted by Gasteiger charge is 2.03. The number of thioether (sulfide) groups is 1. The molecule has 0 N–H and O–H groups in total. The predicted molar refractivity (Wildman–Crippen MR) is 60.3 cm³/mol. The summed E-state index contributed by atoms with van der Waals surface area (Å²) >= 11 is 1.76. The molecule has 0 heterocycles. The molecule has 0 amide bonds. The van der Waals surface area contributed by atoms with Crippen LogP contribution in [0, 0.1) is 5.82 Å². The summed E-state index contributed by atoms with van der Waals surface area (Å²) in [5, 5.41) is 0. The lowest BCUT2D eigenvalue weighted by Gasteiger charge is -2.07. The van der Waals surface area contributed by atoms with Crippen LogP contribution in [0.1, 0.15) is 17.3 Å². The van der Waals surface area contributed by atoms with E-state index in [-0.39, 0.29) is 5.56 Å². The fourth-order valence-electron chi connectivity index (χ4n) is 1.10. The van der Waals surface area contributed by atoms with Gasteiger partial charge in [-0.15, -0.1) is 0 Å². The van der Waals surface area contributed by atoms with Gasteiger partial charge in [0.1, 0.15) is 11.6 Å². The third-order valence-electron chi connectivity index (χ3n) is 1.79. The molecule has 0 spiro atoms. The second-order valence-corrected chi connectivity index (χ2v) is 4.24. The largest absolute Gasteiger partial charge is 0.492 e. The van der Waals surface area contributed by atoms with Gasteiger partial charge in [-0.25, -0.2) is 4.39 Å². The summed E-state index contributed by atoms with van der Waals surface area (Å²) < 4.78 is 18.1. The van der Waals surface area contributed by atoms with Crippen LogP contribution in [-0.2, 0) is 0 Å². The minimum atomic E-state index is -0.424. The second-order valence-electron chi connectivity index (χ2n) is 2.85. The van der Waals surface area contributed by atoms with Gasteiger partial charge in [-0.3, -0.25) is 4.79 Å². The normalized spacial score (nSPS) is 10.0. The van der Waals surface area contributed by atoms with E-state index in [9.17, 15) is 9.18 Å². The monoisotopic (exact) mass is 228 g/mol. The number of hydrogen-bond donors (Lipinski definition) is 0. The fourth-order valence-corrected chi connectivity index (χ4v) is 1.59. The molecule has 1 rings (SSSR count). The SMILES string of the molecule is CCSCCOc1ccc(F)cc1C=O. The Kier molecular flexibility index (Phi) is 5.18. The van der Waals surface area contributed by atoms with E-state index in [1.807, 2.05) is 0 Å². The van der Waals surface area contributed by atoms with Gasteiger partial charge in [0, 0.05) is 5.75 Å². The standard InChI is InChI=1S/C11H13FO2S/c1-2-15-6-5-14-11-4-3-10(12)7-9(11)8-13/h3-4,7-8H,2,5-6H2,1H3. The summed E-state index contributed by atoms with van der Waals surface area (Å²) in [6.45, 7) is 2.60. The van der Waals surface area contributed by atoms with Crippen molar-refractivity contribution in [2.24, 2.45) is 0 Å². The average Bonchev–Trinajstić information content (AvgIpc) is 2.26. The number of ether oxygens (including phenoxy) is 1. The maximum Gasteiger partial charge on any atom is 0.153 e. The van der Waals surface area contributed by atoms with Crippen molar-refractivity contribution in [1.29, 1.82) is 0 Å². The lowest BCUT2D eigenvalue weighted by atomic mass is 10.2. The molecule has 1 aromatic carbocycles. The van der Waals surface area contributed by atoms with Crippen LogP contribution in [0.15, 0.2) is 18.2 Å². The minimum Gasteiger partial charge on any atom is -0.492 e. The maximum absolute atomic E-state index is 12.8. The zero-order valence-corrected chi connectivity index (χ0v) is 9.35. The molecule has 0 atom stereocenters. The maximum atomic E-state index is 12.8. The molecule has 4 heteroatoms. The minimum absolute atomic E-state index is 0.261. The zero-order valence-electron chi connectivity index (χ0n) is 8.53. The highest BCUT2D eigenvalue weighted by atomic mass is 32.2. The third-order valence-corrected chi connectivity index (χ3v) is 2.65. The molecule has 82 valence electrons. The highest BCUT2D eigenvalue weighted by molar-refractivity contribution is 7.99. The third kappa shape index (κ3) is 3.91. The first-order chi connectivity index (χ1) is 7.27. The van der Waals surface area contributed by atoms with Crippen molar-refractivity contribution in [3.8, 4) is 5.75 Å². The first kappa shape index (κ1) is 12.0. The smallest absolute Gasteiger partial charge is 0.153 e. The Morgan fingerprint density at radius 3 is 3.00 bits per heavy atom. The number of aldehydes is 1. The van der Waals surface area contributed by atoms with Crippen LogP contribution in [0.5, 0.6) is 5.75 Å². The van der Waals surface area contributed by atoms with Gasteiger partial charge in [-0.2, -0.15) is 11.8 Å². The van der Waals surface area contributed by atoms with E-state index >= 15 is 0 Å². The Labute approximate surface area is 92.8 Å². The molecule has 0 saturated heterocycles. The van der Waals surface area contributed by atoms with Gasteiger partial charge in [-0.1, -0.05) is 6.92 Å². The number of benzene rings is 1. The zero-order chi connectivity index (χ0) is 11.1. The topological polar surface area (TPSA) is 26.3 Å². The molecule has 0 unspecified atom stereocenters. The van der Waals surface area contributed by atoms with E-state index in [4.69, 9.17) is 4.74 Å². The average molecular weight is 228 g/mol. The van der Waals surface area contributed by atoms with Gasteiger partial charge in [0.2, 0.25) is 0 Å². The first-order valence-corrected chi connectivity index (χ1v) is 5.88. The van der Waals surface area contributed by atoms with Crippen LogP contribution < -0.4 is 4.74 Å².